The molecular weight excluding hydrogens is 505 g/mol. The number of aryl methyl sites for hydroxylation is 1. The molecule has 0 bridgehead atoms. The summed E-state index contributed by atoms with van der Waals surface area (Å²) in [5, 5.41) is 7.61. The Morgan fingerprint density at radius 2 is 1.90 bits per heavy atom. The molecule has 1 N–H and O–H groups in total. The summed E-state index contributed by atoms with van der Waals surface area (Å²) in [4.78, 5) is 9.21. The van der Waals surface area contributed by atoms with Crippen LogP contribution in [0, 0.1) is 12.8 Å². The average Bonchev–Trinajstić information content (AvgIpc) is 3.16. The Hall–Kier alpha value is -1.81. The van der Waals surface area contributed by atoms with E-state index in [1.165, 1.54) is 5.56 Å². The van der Waals surface area contributed by atoms with E-state index in [0.717, 1.165) is 75.5 Å². The topological polar surface area (TPSA) is 66.1 Å². The fourth-order valence-corrected chi connectivity index (χ4v) is 3.51. The van der Waals surface area contributed by atoms with Crippen molar-refractivity contribution in [2.24, 2.45) is 10.9 Å². The summed E-state index contributed by atoms with van der Waals surface area (Å²) in [6.45, 7) is 12.6. The van der Waals surface area contributed by atoms with Crippen molar-refractivity contribution in [3.05, 3.63) is 47.3 Å². The van der Waals surface area contributed by atoms with Gasteiger partial charge < -0.3 is 19.5 Å². The Labute approximate surface area is 203 Å². The lowest BCUT2D eigenvalue weighted by atomic mass is 10.1. The Morgan fingerprint density at radius 1 is 1.19 bits per heavy atom. The summed E-state index contributed by atoms with van der Waals surface area (Å²) < 4.78 is 10.9. The predicted octanol–water partition coefficient (Wildman–Crippen LogP) is 3.57. The number of aliphatic imine (C=N–C) groups is 1. The second kappa shape index (κ2) is 12.9. The molecular formula is C23H36IN5O2. The highest BCUT2D eigenvalue weighted by atomic mass is 127. The van der Waals surface area contributed by atoms with Gasteiger partial charge in [0.15, 0.2) is 5.96 Å². The van der Waals surface area contributed by atoms with Gasteiger partial charge in [-0.15, -0.1) is 24.0 Å². The van der Waals surface area contributed by atoms with Crippen LogP contribution in [0.5, 0.6) is 5.75 Å². The van der Waals surface area contributed by atoms with E-state index in [-0.39, 0.29) is 24.0 Å². The van der Waals surface area contributed by atoms with Gasteiger partial charge >= 0.3 is 0 Å². The van der Waals surface area contributed by atoms with Gasteiger partial charge in [0.1, 0.15) is 11.5 Å². The van der Waals surface area contributed by atoms with E-state index in [1.54, 1.807) is 0 Å². The summed E-state index contributed by atoms with van der Waals surface area (Å²) in [6.07, 6.45) is 0.953. The molecule has 0 amide bonds. The minimum atomic E-state index is 0. The minimum Gasteiger partial charge on any atom is -0.493 e. The molecule has 1 aliphatic rings. The minimum absolute atomic E-state index is 0. The van der Waals surface area contributed by atoms with Gasteiger partial charge in [0.2, 0.25) is 0 Å². The number of rotatable bonds is 8. The summed E-state index contributed by atoms with van der Waals surface area (Å²) in [5.74, 6) is 3.32. The highest BCUT2D eigenvalue weighted by Gasteiger charge is 2.20. The van der Waals surface area contributed by atoms with Crippen LogP contribution in [0.4, 0.5) is 0 Å². The van der Waals surface area contributed by atoms with Crippen LogP contribution in [0.3, 0.4) is 0 Å². The van der Waals surface area contributed by atoms with Crippen molar-refractivity contribution < 1.29 is 9.26 Å². The molecule has 1 aromatic carbocycles. The lowest BCUT2D eigenvalue weighted by Gasteiger charge is -2.36. The molecule has 0 radical (unpaired) electrons. The highest BCUT2D eigenvalue weighted by Crippen LogP contribution is 2.14. The molecule has 1 saturated heterocycles. The first-order valence-electron chi connectivity index (χ1n) is 10.9. The van der Waals surface area contributed by atoms with E-state index in [0.29, 0.717) is 5.92 Å². The molecule has 1 aromatic heterocycles. The molecule has 8 heteroatoms. The van der Waals surface area contributed by atoms with Gasteiger partial charge in [-0.05, 0) is 37.0 Å². The molecule has 0 atom stereocenters. The molecule has 172 valence electrons. The first-order chi connectivity index (χ1) is 14.5. The Balaban J connectivity index is 0.00000341. The standard InChI is InChI=1S/C23H35N5O2.HI/c1-18(2)17-29-22-7-5-20(6-8-22)9-10-25-23(24-4)28-13-11-27(12-14-28)16-21-15-19(3)30-26-21;/h5-8,15,18H,9-14,16-17H2,1-4H3,(H,24,25);1H. The SMILES string of the molecule is CN=C(NCCc1ccc(OCC(C)C)cc1)N1CCN(Cc2cc(C)on2)CC1.I. The van der Waals surface area contributed by atoms with E-state index in [9.17, 15) is 0 Å². The van der Waals surface area contributed by atoms with Crippen LogP contribution >= 0.6 is 24.0 Å². The maximum Gasteiger partial charge on any atom is 0.193 e. The first-order valence-corrected chi connectivity index (χ1v) is 10.9. The molecule has 2 heterocycles. The number of guanidine groups is 1. The first kappa shape index (κ1) is 25.5. The van der Waals surface area contributed by atoms with Gasteiger partial charge in [-0.25, -0.2) is 0 Å². The molecule has 0 saturated carbocycles. The van der Waals surface area contributed by atoms with Gasteiger partial charge in [0.25, 0.3) is 0 Å². The van der Waals surface area contributed by atoms with Crippen molar-refractivity contribution in [1.82, 2.24) is 20.3 Å². The van der Waals surface area contributed by atoms with Gasteiger partial charge in [-0.2, -0.15) is 0 Å². The Morgan fingerprint density at radius 3 is 2.48 bits per heavy atom. The van der Waals surface area contributed by atoms with Crippen molar-refractivity contribution in [1.29, 1.82) is 0 Å². The molecule has 0 aliphatic carbocycles. The third-order valence-electron chi connectivity index (χ3n) is 5.15. The normalized spacial score (nSPS) is 15.1. The van der Waals surface area contributed by atoms with Crippen LogP contribution in [-0.4, -0.2) is 67.3 Å². The third-order valence-corrected chi connectivity index (χ3v) is 5.15. The number of nitrogens with one attached hydrogen (secondary N) is 1. The second-order valence-electron chi connectivity index (χ2n) is 8.26. The average molecular weight is 541 g/mol. The lowest BCUT2D eigenvalue weighted by Crippen LogP contribution is -2.52. The van der Waals surface area contributed by atoms with Gasteiger partial charge in [-0.3, -0.25) is 9.89 Å². The molecule has 1 aliphatic heterocycles. The number of aromatic nitrogens is 1. The lowest BCUT2D eigenvalue weighted by molar-refractivity contribution is 0.169. The van der Waals surface area contributed by atoms with E-state index >= 15 is 0 Å². The quantitative estimate of drug-likeness (QED) is 0.313. The van der Waals surface area contributed by atoms with Gasteiger partial charge in [0.05, 0.1) is 12.3 Å². The van der Waals surface area contributed by atoms with E-state index in [2.05, 4.69) is 63.4 Å². The predicted molar refractivity (Wildman–Crippen MR) is 135 cm³/mol. The summed E-state index contributed by atoms with van der Waals surface area (Å²) in [7, 11) is 1.85. The number of ether oxygens (including phenoxy) is 1. The monoisotopic (exact) mass is 541 g/mol. The van der Waals surface area contributed by atoms with Crippen LogP contribution in [0.25, 0.3) is 0 Å². The molecule has 31 heavy (non-hydrogen) atoms. The van der Waals surface area contributed by atoms with Gasteiger partial charge in [-0.1, -0.05) is 31.1 Å². The smallest absolute Gasteiger partial charge is 0.193 e. The number of benzene rings is 1. The number of hydrogen-bond acceptors (Lipinski definition) is 5. The Bertz CT molecular complexity index is 799. The zero-order valence-electron chi connectivity index (χ0n) is 19.1. The fourth-order valence-electron chi connectivity index (χ4n) is 3.51. The van der Waals surface area contributed by atoms with E-state index < -0.39 is 0 Å². The number of piperazine rings is 1. The van der Waals surface area contributed by atoms with E-state index in [4.69, 9.17) is 9.26 Å². The van der Waals surface area contributed by atoms with Crippen molar-refractivity contribution in [3.63, 3.8) is 0 Å². The van der Waals surface area contributed by atoms with Crippen LogP contribution in [0.1, 0.15) is 30.9 Å². The Kier molecular flexibility index (Phi) is 10.6. The largest absolute Gasteiger partial charge is 0.493 e. The van der Waals surface area contributed by atoms with Crippen molar-refractivity contribution >= 4 is 29.9 Å². The van der Waals surface area contributed by atoms with Crippen LogP contribution < -0.4 is 10.1 Å². The molecule has 1 fully saturated rings. The third kappa shape index (κ3) is 8.33. The van der Waals surface area contributed by atoms with Crippen molar-refractivity contribution in [2.75, 3.05) is 46.4 Å². The summed E-state index contributed by atoms with van der Waals surface area (Å²) >= 11 is 0. The van der Waals surface area contributed by atoms with Crippen molar-refractivity contribution in [2.45, 2.75) is 33.7 Å². The fraction of sp³-hybridized carbons (Fsp3) is 0.565. The van der Waals surface area contributed by atoms with Crippen LogP contribution in [0.2, 0.25) is 0 Å². The maximum absolute atomic E-state index is 5.75. The summed E-state index contributed by atoms with van der Waals surface area (Å²) in [6, 6.07) is 10.4. The maximum atomic E-state index is 5.75. The van der Waals surface area contributed by atoms with Gasteiger partial charge in [0, 0.05) is 52.4 Å². The molecule has 3 rings (SSSR count). The van der Waals surface area contributed by atoms with Crippen molar-refractivity contribution in [3.8, 4) is 5.75 Å². The zero-order chi connectivity index (χ0) is 21.3. The number of nitrogens with zero attached hydrogens (tertiary/aromatic N) is 4. The number of halogens is 1. The number of hydrogen-bond donors (Lipinski definition) is 1. The van der Waals surface area contributed by atoms with Crippen LogP contribution in [-0.2, 0) is 13.0 Å². The zero-order valence-corrected chi connectivity index (χ0v) is 21.5. The molecule has 2 aromatic rings. The molecule has 7 nitrogen and oxygen atoms in total. The molecule has 0 unspecified atom stereocenters. The van der Waals surface area contributed by atoms with Crippen LogP contribution in [0.15, 0.2) is 39.8 Å². The second-order valence-corrected chi connectivity index (χ2v) is 8.26. The summed E-state index contributed by atoms with van der Waals surface area (Å²) in [5.41, 5.74) is 2.30. The molecule has 0 spiro atoms. The van der Waals surface area contributed by atoms with E-state index in [1.807, 2.05) is 20.0 Å². The highest BCUT2D eigenvalue weighted by molar-refractivity contribution is 14.0.